The summed E-state index contributed by atoms with van der Waals surface area (Å²) in [5.74, 6) is 1.23. The van der Waals surface area contributed by atoms with E-state index >= 15 is 0 Å². The highest BCUT2D eigenvalue weighted by Crippen LogP contribution is 2.24. The van der Waals surface area contributed by atoms with E-state index in [1.54, 1.807) is 31.4 Å². The van der Waals surface area contributed by atoms with E-state index in [9.17, 15) is 5.11 Å². The standard InChI is InChI=1S/C18H20N4O3/c1-24-18-16-10-22(7-6-17(16)20-12-21-18)9-14(23)11-25-15-4-2-13(8-19)3-5-15/h2-5,12,14,23H,6-7,9-11H2,1H3/t14-/m0/s1. The van der Waals surface area contributed by atoms with Gasteiger partial charge in [0.1, 0.15) is 24.8 Å². The molecule has 1 atom stereocenters. The van der Waals surface area contributed by atoms with Crippen LogP contribution in [0.1, 0.15) is 16.8 Å². The lowest BCUT2D eigenvalue weighted by Crippen LogP contribution is -2.39. The first-order chi connectivity index (χ1) is 12.2. The van der Waals surface area contributed by atoms with E-state index in [0.29, 0.717) is 30.3 Å². The van der Waals surface area contributed by atoms with Crippen LogP contribution in [0, 0.1) is 11.3 Å². The average molecular weight is 340 g/mol. The second-order valence-corrected chi connectivity index (χ2v) is 5.89. The number of methoxy groups -OCH3 is 1. The van der Waals surface area contributed by atoms with Crippen LogP contribution in [0.5, 0.6) is 11.6 Å². The van der Waals surface area contributed by atoms with Crippen LogP contribution >= 0.6 is 0 Å². The van der Waals surface area contributed by atoms with E-state index in [4.69, 9.17) is 14.7 Å². The zero-order valence-corrected chi connectivity index (χ0v) is 14.1. The molecule has 0 radical (unpaired) electrons. The molecule has 1 N–H and O–H groups in total. The Hall–Kier alpha value is -2.69. The second-order valence-electron chi connectivity index (χ2n) is 5.89. The van der Waals surface area contributed by atoms with E-state index in [2.05, 4.69) is 20.9 Å². The van der Waals surface area contributed by atoms with Crippen molar-refractivity contribution in [2.75, 3.05) is 26.8 Å². The zero-order chi connectivity index (χ0) is 17.6. The Morgan fingerprint density at radius 1 is 1.32 bits per heavy atom. The van der Waals surface area contributed by atoms with Crippen LogP contribution in [0.15, 0.2) is 30.6 Å². The molecule has 1 aliphatic heterocycles. The number of nitriles is 1. The summed E-state index contributed by atoms with van der Waals surface area (Å²) in [6.07, 6.45) is 1.71. The number of ether oxygens (including phenoxy) is 2. The molecule has 7 nitrogen and oxygen atoms in total. The number of hydrogen-bond donors (Lipinski definition) is 1. The summed E-state index contributed by atoms with van der Waals surface area (Å²) in [7, 11) is 1.60. The number of aliphatic hydroxyl groups excluding tert-OH is 1. The number of hydrogen-bond acceptors (Lipinski definition) is 7. The van der Waals surface area contributed by atoms with Gasteiger partial charge in [0.05, 0.1) is 24.4 Å². The highest BCUT2D eigenvalue weighted by Gasteiger charge is 2.23. The molecular weight excluding hydrogens is 320 g/mol. The normalized spacial score (nSPS) is 15.1. The van der Waals surface area contributed by atoms with Crippen molar-refractivity contribution in [3.05, 3.63) is 47.4 Å². The summed E-state index contributed by atoms with van der Waals surface area (Å²) in [4.78, 5) is 10.6. The molecule has 1 aliphatic rings. The maximum atomic E-state index is 10.3. The lowest BCUT2D eigenvalue weighted by atomic mass is 10.1. The minimum Gasteiger partial charge on any atom is -0.491 e. The van der Waals surface area contributed by atoms with Gasteiger partial charge in [-0.05, 0) is 24.3 Å². The molecule has 130 valence electrons. The van der Waals surface area contributed by atoms with E-state index in [1.165, 1.54) is 6.33 Å². The van der Waals surface area contributed by atoms with Crippen LogP contribution in [0.3, 0.4) is 0 Å². The molecule has 0 saturated heterocycles. The van der Waals surface area contributed by atoms with Gasteiger partial charge >= 0.3 is 0 Å². The largest absolute Gasteiger partial charge is 0.491 e. The summed E-state index contributed by atoms with van der Waals surface area (Å²) < 4.78 is 10.9. The molecule has 1 aromatic carbocycles. The van der Waals surface area contributed by atoms with Crippen molar-refractivity contribution in [2.24, 2.45) is 0 Å². The first-order valence-corrected chi connectivity index (χ1v) is 8.09. The fourth-order valence-corrected chi connectivity index (χ4v) is 2.87. The molecule has 7 heteroatoms. The van der Waals surface area contributed by atoms with E-state index in [0.717, 1.165) is 24.2 Å². The van der Waals surface area contributed by atoms with Crippen LogP contribution in [-0.4, -0.2) is 52.9 Å². The van der Waals surface area contributed by atoms with Gasteiger partial charge in [-0.2, -0.15) is 5.26 Å². The molecule has 0 amide bonds. The third kappa shape index (κ3) is 4.24. The van der Waals surface area contributed by atoms with Gasteiger partial charge in [0, 0.05) is 31.6 Å². The number of β-amino-alcohol motifs (C(OH)–C–C–N with tert-alkyl or cyclic N) is 1. The van der Waals surface area contributed by atoms with E-state index < -0.39 is 6.10 Å². The van der Waals surface area contributed by atoms with Crippen LogP contribution < -0.4 is 9.47 Å². The van der Waals surface area contributed by atoms with Crippen molar-refractivity contribution in [3.8, 4) is 17.7 Å². The SMILES string of the molecule is COc1ncnc2c1CN(C[C@H](O)COc1ccc(C#N)cc1)CC2. The number of nitrogens with zero attached hydrogens (tertiary/aromatic N) is 4. The molecule has 0 unspecified atom stereocenters. The van der Waals surface area contributed by atoms with Crippen molar-refractivity contribution >= 4 is 0 Å². The molecular formula is C18H20N4O3. The molecule has 1 aromatic heterocycles. The number of aliphatic hydroxyl groups is 1. The highest BCUT2D eigenvalue weighted by molar-refractivity contribution is 5.34. The smallest absolute Gasteiger partial charge is 0.220 e. The predicted molar refractivity (Wildman–Crippen MR) is 90.2 cm³/mol. The van der Waals surface area contributed by atoms with Crippen molar-refractivity contribution in [2.45, 2.75) is 19.1 Å². The Kier molecular flexibility index (Phi) is 5.43. The third-order valence-electron chi connectivity index (χ3n) is 4.13. The summed E-state index contributed by atoms with van der Waals surface area (Å²) in [6, 6.07) is 8.89. The van der Waals surface area contributed by atoms with Gasteiger partial charge in [-0.3, -0.25) is 4.90 Å². The molecule has 2 heterocycles. The number of aromatic nitrogens is 2. The minimum absolute atomic E-state index is 0.192. The van der Waals surface area contributed by atoms with Crippen molar-refractivity contribution in [1.29, 1.82) is 5.26 Å². The van der Waals surface area contributed by atoms with Gasteiger partial charge in [0.2, 0.25) is 5.88 Å². The van der Waals surface area contributed by atoms with Gasteiger partial charge in [-0.1, -0.05) is 0 Å². The Balaban J connectivity index is 1.53. The molecule has 0 saturated carbocycles. The predicted octanol–water partition coefficient (Wildman–Crippen LogP) is 1.15. The van der Waals surface area contributed by atoms with Crippen LogP contribution in [0.25, 0.3) is 0 Å². The molecule has 0 bridgehead atoms. The molecule has 2 aromatic rings. The topological polar surface area (TPSA) is 91.5 Å². The Morgan fingerprint density at radius 3 is 2.84 bits per heavy atom. The van der Waals surface area contributed by atoms with E-state index in [1.807, 2.05) is 0 Å². The van der Waals surface area contributed by atoms with Crippen LogP contribution in [0.4, 0.5) is 0 Å². The summed E-state index contributed by atoms with van der Waals surface area (Å²) >= 11 is 0. The number of rotatable bonds is 6. The van der Waals surface area contributed by atoms with Crippen molar-refractivity contribution < 1.29 is 14.6 Å². The first kappa shape index (κ1) is 17.1. The first-order valence-electron chi connectivity index (χ1n) is 8.09. The molecule has 0 aliphatic carbocycles. The maximum Gasteiger partial charge on any atom is 0.220 e. The quantitative estimate of drug-likeness (QED) is 0.843. The summed E-state index contributed by atoms with van der Waals surface area (Å²) in [5.41, 5.74) is 2.57. The van der Waals surface area contributed by atoms with Gasteiger partial charge < -0.3 is 14.6 Å². The monoisotopic (exact) mass is 340 g/mol. The van der Waals surface area contributed by atoms with Gasteiger partial charge in [0.25, 0.3) is 0 Å². The second kappa shape index (κ2) is 7.92. The van der Waals surface area contributed by atoms with Gasteiger partial charge in [0.15, 0.2) is 0 Å². The van der Waals surface area contributed by atoms with Crippen LogP contribution in [0.2, 0.25) is 0 Å². The fraction of sp³-hybridized carbons (Fsp3) is 0.389. The summed E-state index contributed by atoms with van der Waals surface area (Å²) in [5, 5.41) is 19.0. The highest BCUT2D eigenvalue weighted by atomic mass is 16.5. The Labute approximate surface area is 146 Å². The minimum atomic E-state index is -0.618. The summed E-state index contributed by atoms with van der Waals surface area (Å²) in [6.45, 7) is 2.15. The molecule has 0 spiro atoms. The Bertz CT molecular complexity index is 744. The molecule has 25 heavy (non-hydrogen) atoms. The third-order valence-corrected chi connectivity index (χ3v) is 4.13. The lowest BCUT2D eigenvalue weighted by Gasteiger charge is -2.30. The maximum absolute atomic E-state index is 10.3. The fourth-order valence-electron chi connectivity index (χ4n) is 2.87. The Morgan fingerprint density at radius 2 is 2.12 bits per heavy atom. The van der Waals surface area contributed by atoms with Crippen LogP contribution in [-0.2, 0) is 13.0 Å². The van der Waals surface area contributed by atoms with Crippen molar-refractivity contribution in [1.82, 2.24) is 14.9 Å². The van der Waals surface area contributed by atoms with Gasteiger partial charge in [-0.25, -0.2) is 9.97 Å². The molecule has 3 rings (SSSR count). The zero-order valence-electron chi connectivity index (χ0n) is 14.1. The number of benzene rings is 1. The van der Waals surface area contributed by atoms with Crippen molar-refractivity contribution in [3.63, 3.8) is 0 Å². The van der Waals surface area contributed by atoms with Gasteiger partial charge in [-0.15, -0.1) is 0 Å². The molecule has 0 fully saturated rings. The lowest BCUT2D eigenvalue weighted by molar-refractivity contribution is 0.0630. The van der Waals surface area contributed by atoms with E-state index in [-0.39, 0.29) is 6.61 Å². The average Bonchev–Trinajstić information content (AvgIpc) is 2.66. The number of fused-ring (bicyclic) bond motifs is 1.